The van der Waals surface area contributed by atoms with Crippen LogP contribution < -0.4 is 20.3 Å². The van der Waals surface area contributed by atoms with E-state index < -0.39 is 0 Å². The number of rotatable bonds is 5. The second-order valence-corrected chi connectivity index (χ2v) is 7.46. The zero-order valence-corrected chi connectivity index (χ0v) is 17.0. The van der Waals surface area contributed by atoms with Gasteiger partial charge in [0.05, 0.1) is 5.69 Å². The third kappa shape index (κ3) is 5.08. The smallest absolute Gasteiger partial charge is 0.319 e. The minimum absolute atomic E-state index is 0.134. The molecule has 30 heavy (non-hydrogen) atoms. The molecule has 154 valence electrons. The molecule has 0 unspecified atom stereocenters. The molecule has 0 saturated carbocycles. The lowest BCUT2D eigenvalue weighted by atomic mass is 10.1. The van der Waals surface area contributed by atoms with Crippen molar-refractivity contribution in [2.24, 2.45) is 0 Å². The lowest BCUT2D eigenvalue weighted by molar-refractivity contribution is 0.246. The van der Waals surface area contributed by atoms with Crippen LogP contribution in [0.5, 0.6) is 11.5 Å². The van der Waals surface area contributed by atoms with Crippen molar-refractivity contribution in [2.75, 3.05) is 23.3 Å². The van der Waals surface area contributed by atoms with Gasteiger partial charge in [-0.15, -0.1) is 0 Å². The summed E-state index contributed by atoms with van der Waals surface area (Å²) in [6.07, 6.45) is 3.57. The number of hydrogen-bond acceptors (Lipinski definition) is 4. The van der Waals surface area contributed by atoms with Crippen molar-refractivity contribution < 1.29 is 9.53 Å². The van der Waals surface area contributed by atoms with E-state index in [9.17, 15) is 4.79 Å². The molecule has 0 radical (unpaired) electrons. The van der Waals surface area contributed by atoms with Gasteiger partial charge in [-0.2, -0.15) is 0 Å². The predicted octanol–water partition coefficient (Wildman–Crippen LogP) is 4.97. The number of anilines is 2. The number of carbonyl (C=O) groups is 1. The third-order valence-corrected chi connectivity index (χ3v) is 5.16. The first-order valence-corrected chi connectivity index (χ1v) is 10.2. The van der Waals surface area contributed by atoms with Crippen LogP contribution in [-0.4, -0.2) is 30.1 Å². The Morgan fingerprint density at radius 3 is 2.60 bits per heavy atom. The number of aromatic nitrogens is 1. The Morgan fingerprint density at radius 1 is 1.03 bits per heavy atom. The summed E-state index contributed by atoms with van der Waals surface area (Å²) >= 11 is 0. The molecule has 0 bridgehead atoms. The Hall–Kier alpha value is -3.54. The van der Waals surface area contributed by atoms with Crippen molar-refractivity contribution in [2.45, 2.75) is 25.8 Å². The molecule has 2 aromatic carbocycles. The zero-order chi connectivity index (χ0) is 20.8. The summed E-state index contributed by atoms with van der Waals surface area (Å²) in [4.78, 5) is 19.2. The van der Waals surface area contributed by atoms with Crippen LogP contribution in [-0.2, 0) is 0 Å². The molecule has 6 nitrogen and oxygen atoms in total. The normalized spacial score (nSPS) is 14.2. The topological polar surface area (TPSA) is 66.5 Å². The van der Waals surface area contributed by atoms with E-state index in [-0.39, 0.29) is 12.1 Å². The Balaban J connectivity index is 1.33. The molecule has 1 fully saturated rings. The van der Waals surface area contributed by atoms with Gasteiger partial charge in [0, 0.05) is 25.3 Å². The van der Waals surface area contributed by atoms with Crippen LogP contribution in [0, 0.1) is 6.92 Å². The fourth-order valence-corrected chi connectivity index (χ4v) is 3.60. The van der Waals surface area contributed by atoms with E-state index in [1.807, 2.05) is 79.9 Å². The van der Waals surface area contributed by atoms with E-state index in [1.165, 1.54) is 0 Å². The minimum atomic E-state index is -0.216. The molecular weight excluding hydrogens is 376 g/mol. The summed E-state index contributed by atoms with van der Waals surface area (Å²) in [5.74, 6) is 2.34. The van der Waals surface area contributed by atoms with E-state index in [4.69, 9.17) is 4.74 Å². The molecule has 0 aliphatic carbocycles. The van der Waals surface area contributed by atoms with Crippen molar-refractivity contribution in [1.82, 2.24) is 10.3 Å². The highest BCUT2D eigenvalue weighted by atomic mass is 16.5. The Labute approximate surface area is 176 Å². The fourth-order valence-electron chi connectivity index (χ4n) is 3.60. The second-order valence-electron chi connectivity index (χ2n) is 7.46. The van der Waals surface area contributed by atoms with Gasteiger partial charge in [-0.05, 0) is 61.7 Å². The maximum atomic E-state index is 12.6. The average Bonchev–Trinajstić information content (AvgIpc) is 2.76. The third-order valence-electron chi connectivity index (χ3n) is 5.16. The van der Waals surface area contributed by atoms with Crippen LogP contribution in [0.4, 0.5) is 16.3 Å². The highest BCUT2D eigenvalue weighted by Gasteiger charge is 2.21. The predicted molar refractivity (Wildman–Crippen MR) is 119 cm³/mol. The number of nitrogens with zero attached hydrogens (tertiary/aromatic N) is 2. The van der Waals surface area contributed by atoms with Gasteiger partial charge in [-0.3, -0.25) is 0 Å². The molecule has 1 aliphatic rings. The summed E-state index contributed by atoms with van der Waals surface area (Å²) < 4.78 is 5.99. The summed E-state index contributed by atoms with van der Waals surface area (Å²) in [5, 5.41) is 6.02. The number of nitrogens with one attached hydrogen (secondary N) is 2. The van der Waals surface area contributed by atoms with E-state index in [2.05, 4.69) is 20.5 Å². The van der Waals surface area contributed by atoms with Crippen LogP contribution in [0.3, 0.4) is 0 Å². The number of urea groups is 1. The van der Waals surface area contributed by atoms with Gasteiger partial charge in [0.15, 0.2) is 5.75 Å². The van der Waals surface area contributed by atoms with Crippen molar-refractivity contribution in [3.05, 3.63) is 78.5 Å². The number of aryl methyl sites for hydroxylation is 1. The monoisotopic (exact) mass is 402 g/mol. The van der Waals surface area contributed by atoms with Gasteiger partial charge in [-0.25, -0.2) is 9.78 Å². The molecule has 1 saturated heterocycles. The number of pyridine rings is 1. The molecule has 2 N–H and O–H groups in total. The van der Waals surface area contributed by atoms with Gasteiger partial charge < -0.3 is 20.3 Å². The average molecular weight is 402 g/mol. The van der Waals surface area contributed by atoms with E-state index in [1.54, 1.807) is 0 Å². The van der Waals surface area contributed by atoms with E-state index in [0.717, 1.165) is 43.1 Å². The molecule has 0 atom stereocenters. The van der Waals surface area contributed by atoms with Crippen LogP contribution in [0.15, 0.2) is 72.9 Å². The zero-order valence-electron chi connectivity index (χ0n) is 17.0. The van der Waals surface area contributed by atoms with Gasteiger partial charge in [0.25, 0.3) is 0 Å². The number of hydrogen-bond donors (Lipinski definition) is 2. The highest BCUT2D eigenvalue weighted by molar-refractivity contribution is 5.91. The maximum absolute atomic E-state index is 12.6. The number of para-hydroxylation sites is 2. The van der Waals surface area contributed by atoms with Gasteiger partial charge in [0.2, 0.25) is 0 Å². The number of piperidine rings is 1. The van der Waals surface area contributed by atoms with Crippen LogP contribution >= 0.6 is 0 Å². The summed E-state index contributed by atoms with van der Waals surface area (Å²) in [5.41, 5.74) is 1.76. The molecule has 6 heteroatoms. The largest absolute Gasteiger partial charge is 0.455 e. The van der Waals surface area contributed by atoms with Crippen molar-refractivity contribution in [1.29, 1.82) is 0 Å². The fraction of sp³-hybridized carbons (Fsp3) is 0.250. The number of benzene rings is 2. The number of carbonyl (C=O) groups excluding carboxylic acids is 1. The standard InChI is InChI=1S/C24H26N4O2/c1-18-7-6-8-20(17-18)30-22-10-3-2-9-21(22)27-24(29)26-19-12-15-28(16-13-19)23-11-4-5-14-25-23/h2-11,14,17,19H,12-13,15-16H2,1H3,(H2,26,27,29). The summed E-state index contributed by atoms with van der Waals surface area (Å²) in [6.45, 7) is 3.76. The molecule has 1 aliphatic heterocycles. The van der Waals surface area contributed by atoms with Gasteiger partial charge in [-0.1, -0.05) is 30.3 Å². The molecule has 2 amide bonds. The van der Waals surface area contributed by atoms with Crippen LogP contribution in [0.2, 0.25) is 0 Å². The quantitative estimate of drug-likeness (QED) is 0.632. The van der Waals surface area contributed by atoms with Crippen LogP contribution in [0.1, 0.15) is 18.4 Å². The van der Waals surface area contributed by atoms with E-state index in [0.29, 0.717) is 11.4 Å². The van der Waals surface area contributed by atoms with Crippen LogP contribution in [0.25, 0.3) is 0 Å². The first kappa shape index (κ1) is 19.8. The molecular formula is C24H26N4O2. The second kappa shape index (κ2) is 9.31. The highest BCUT2D eigenvalue weighted by Crippen LogP contribution is 2.29. The number of amides is 2. The van der Waals surface area contributed by atoms with E-state index >= 15 is 0 Å². The molecule has 4 rings (SSSR count). The summed E-state index contributed by atoms with van der Waals surface area (Å²) in [6, 6.07) is 21.1. The maximum Gasteiger partial charge on any atom is 0.319 e. The van der Waals surface area contributed by atoms with Crippen molar-refractivity contribution >= 4 is 17.5 Å². The van der Waals surface area contributed by atoms with Gasteiger partial charge >= 0.3 is 6.03 Å². The molecule has 0 spiro atoms. The first-order valence-electron chi connectivity index (χ1n) is 10.2. The lowest BCUT2D eigenvalue weighted by Crippen LogP contribution is -2.46. The first-order chi connectivity index (χ1) is 14.7. The molecule has 1 aromatic heterocycles. The summed E-state index contributed by atoms with van der Waals surface area (Å²) in [7, 11) is 0. The Kier molecular flexibility index (Phi) is 6.13. The number of ether oxygens (including phenoxy) is 1. The molecule has 3 aromatic rings. The Bertz CT molecular complexity index is 985. The Morgan fingerprint density at radius 2 is 1.83 bits per heavy atom. The van der Waals surface area contributed by atoms with Gasteiger partial charge in [0.1, 0.15) is 11.6 Å². The molecule has 2 heterocycles. The van der Waals surface area contributed by atoms with Crippen molar-refractivity contribution in [3.63, 3.8) is 0 Å². The SMILES string of the molecule is Cc1cccc(Oc2ccccc2NC(=O)NC2CCN(c3ccccn3)CC2)c1. The minimum Gasteiger partial charge on any atom is -0.455 e. The lowest BCUT2D eigenvalue weighted by Gasteiger charge is -2.33. The van der Waals surface area contributed by atoms with Crippen molar-refractivity contribution in [3.8, 4) is 11.5 Å².